The Labute approximate surface area is 95.0 Å². The lowest BCUT2D eigenvalue weighted by Gasteiger charge is -2.34. The van der Waals surface area contributed by atoms with Crippen LogP contribution in [0.2, 0.25) is 0 Å². The van der Waals surface area contributed by atoms with Gasteiger partial charge in [0.15, 0.2) is 0 Å². The summed E-state index contributed by atoms with van der Waals surface area (Å²) in [7, 11) is 0. The van der Waals surface area contributed by atoms with E-state index < -0.39 is 0 Å². The normalized spacial score (nSPS) is 34.0. The van der Waals surface area contributed by atoms with Crippen LogP contribution in [-0.2, 0) is 0 Å². The zero-order chi connectivity index (χ0) is 10.7. The Hall–Kier alpha value is -0.0400. The molecule has 0 bridgehead atoms. The first-order chi connectivity index (χ1) is 7.29. The Kier molecular flexibility index (Phi) is 4.07. The maximum Gasteiger partial charge on any atom is 0.00979 e. The Morgan fingerprint density at radius 1 is 1.20 bits per heavy atom. The van der Waals surface area contributed by atoms with Crippen LogP contribution in [-0.4, -0.2) is 12.6 Å². The van der Waals surface area contributed by atoms with Gasteiger partial charge in [-0.15, -0.1) is 0 Å². The van der Waals surface area contributed by atoms with Gasteiger partial charge in [0.1, 0.15) is 0 Å². The second kappa shape index (κ2) is 5.34. The fourth-order valence-corrected chi connectivity index (χ4v) is 3.26. The molecule has 1 N–H and O–H groups in total. The van der Waals surface area contributed by atoms with Gasteiger partial charge in [0, 0.05) is 6.04 Å². The molecule has 0 radical (unpaired) electrons. The van der Waals surface area contributed by atoms with Crippen LogP contribution in [0.5, 0.6) is 0 Å². The van der Waals surface area contributed by atoms with Crippen molar-refractivity contribution in [2.75, 3.05) is 6.54 Å². The lowest BCUT2D eigenvalue weighted by molar-refractivity contribution is 0.212. The Morgan fingerprint density at radius 2 is 2.00 bits per heavy atom. The molecule has 1 nitrogen and oxygen atoms in total. The van der Waals surface area contributed by atoms with Crippen LogP contribution in [0.4, 0.5) is 0 Å². The van der Waals surface area contributed by atoms with Gasteiger partial charge in [-0.1, -0.05) is 39.5 Å². The molecular weight excluding hydrogens is 182 g/mol. The van der Waals surface area contributed by atoms with E-state index in [1.165, 1.54) is 44.9 Å². The van der Waals surface area contributed by atoms with Crippen molar-refractivity contribution in [1.29, 1.82) is 0 Å². The van der Waals surface area contributed by atoms with Gasteiger partial charge in [-0.3, -0.25) is 0 Å². The van der Waals surface area contributed by atoms with Gasteiger partial charge < -0.3 is 5.32 Å². The van der Waals surface area contributed by atoms with Crippen molar-refractivity contribution in [3.63, 3.8) is 0 Å². The first kappa shape index (κ1) is 11.4. The van der Waals surface area contributed by atoms with Crippen LogP contribution in [0.15, 0.2) is 0 Å². The van der Waals surface area contributed by atoms with Crippen molar-refractivity contribution in [3.05, 3.63) is 0 Å². The predicted molar refractivity (Wildman–Crippen MR) is 65.9 cm³/mol. The summed E-state index contributed by atoms with van der Waals surface area (Å²) in [6.07, 6.45) is 10.4. The van der Waals surface area contributed by atoms with Crippen LogP contribution in [0, 0.1) is 17.8 Å². The van der Waals surface area contributed by atoms with Crippen molar-refractivity contribution in [1.82, 2.24) is 5.32 Å². The van der Waals surface area contributed by atoms with E-state index in [0.717, 1.165) is 30.3 Å². The molecule has 15 heavy (non-hydrogen) atoms. The molecule has 0 aromatic rings. The summed E-state index contributed by atoms with van der Waals surface area (Å²) < 4.78 is 0. The molecule has 0 heterocycles. The van der Waals surface area contributed by atoms with Crippen LogP contribution in [0.25, 0.3) is 0 Å². The van der Waals surface area contributed by atoms with Gasteiger partial charge in [0.2, 0.25) is 0 Å². The molecule has 0 aromatic carbocycles. The van der Waals surface area contributed by atoms with Gasteiger partial charge in [-0.25, -0.2) is 0 Å². The minimum Gasteiger partial charge on any atom is -0.314 e. The van der Waals surface area contributed by atoms with Gasteiger partial charge >= 0.3 is 0 Å². The zero-order valence-electron chi connectivity index (χ0n) is 10.5. The van der Waals surface area contributed by atoms with E-state index in [9.17, 15) is 0 Å². The molecule has 2 aliphatic rings. The summed E-state index contributed by atoms with van der Waals surface area (Å²) in [5, 5.41) is 3.74. The monoisotopic (exact) mass is 209 g/mol. The minimum absolute atomic E-state index is 0.838. The third-order valence-electron chi connectivity index (χ3n) is 4.30. The molecule has 3 atom stereocenters. The summed E-state index contributed by atoms with van der Waals surface area (Å²) >= 11 is 0. The molecule has 88 valence electrons. The SMILES string of the molecule is CCNC(CC1CC1)C1CCCC(C)C1. The number of hydrogen-bond donors (Lipinski definition) is 1. The first-order valence-corrected chi connectivity index (χ1v) is 7.03. The standard InChI is InChI=1S/C14H27N/c1-3-15-14(10-12-7-8-12)13-6-4-5-11(2)9-13/h11-15H,3-10H2,1-2H3. The summed E-state index contributed by atoms with van der Waals surface area (Å²) in [6.45, 7) is 5.85. The molecule has 2 fully saturated rings. The van der Waals surface area contributed by atoms with Gasteiger partial charge in [-0.05, 0) is 43.6 Å². The van der Waals surface area contributed by atoms with E-state index in [1.54, 1.807) is 0 Å². The molecule has 0 saturated heterocycles. The highest BCUT2D eigenvalue weighted by Crippen LogP contribution is 2.38. The van der Waals surface area contributed by atoms with Crippen LogP contribution in [0.1, 0.15) is 58.8 Å². The third kappa shape index (κ3) is 3.48. The zero-order valence-corrected chi connectivity index (χ0v) is 10.5. The maximum atomic E-state index is 3.74. The first-order valence-electron chi connectivity index (χ1n) is 7.03. The van der Waals surface area contributed by atoms with Crippen molar-refractivity contribution in [2.45, 2.75) is 64.8 Å². The predicted octanol–water partition coefficient (Wildman–Crippen LogP) is 3.59. The summed E-state index contributed by atoms with van der Waals surface area (Å²) in [4.78, 5) is 0. The van der Waals surface area contributed by atoms with Crippen molar-refractivity contribution >= 4 is 0 Å². The fourth-order valence-electron chi connectivity index (χ4n) is 3.26. The van der Waals surface area contributed by atoms with Crippen LogP contribution >= 0.6 is 0 Å². The summed E-state index contributed by atoms with van der Waals surface area (Å²) in [5.74, 6) is 3.03. The molecule has 0 spiro atoms. The highest BCUT2D eigenvalue weighted by atomic mass is 14.9. The Bertz CT molecular complexity index is 186. The lowest BCUT2D eigenvalue weighted by atomic mass is 9.77. The summed E-state index contributed by atoms with van der Waals surface area (Å²) in [6, 6.07) is 0.838. The van der Waals surface area contributed by atoms with Gasteiger partial charge in [-0.2, -0.15) is 0 Å². The smallest absolute Gasteiger partial charge is 0.00979 e. The van der Waals surface area contributed by atoms with E-state index >= 15 is 0 Å². The van der Waals surface area contributed by atoms with Gasteiger partial charge in [0.25, 0.3) is 0 Å². The van der Waals surface area contributed by atoms with E-state index in [-0.39, 0.29) is 0 Å². The molecule has 2 rings (SSSR count). The van der Waals surface area contributed by atoms with E-state index in [0.29, 0.717) is 0 Å². The third-order valence-corrected chi connectivity index (χ3v) is 4.30. The highest BCUT2D eigenvalue weighted by Gasteiger charge is 2.31. The Morgan fingerprint density at radius 3 is 2.60 bits per heavy atom. The Balaban J connectivity index is 1.83. The average molecular weight is 209 g/mol. The fraction of sp³-hybridized carbons (Fsp3) is 1.00. The second-order valence-electron chi connectivity index (χ2n) is 5.88. The summed E-state index contributed by atoms with van der Waals surface area (Å²) in [5.41, 5.74) is 0. The lowest BCUT2D eigenvalue weighted by Crippen LogP contribution is -2.38. The maximum absolute atomic E-state index is 3.74. The second-order valence-corrected chi connectivity index (χ2v) is 5.88. The molecule has 0 aliphatic heterocycles. The molecule has 0 aromatic heterocycles. The van der Waals surface area contributed by atoms with Crippen molar-refractivity contribution in [3.8, 4) is 0 Å². The topological polar surface area (TPSA) is 12.0 Å². The van der Waals surface area contributed by atoms with E-state index in [4.69, 9.17) is 0 Å². The molecule has 2 aliphatic carbocycles. The number of hydrogen-bond acceptors (Lipinski definition) is 1. The average Bonchev–Trinajstić information content (AvgIpc) is 3.01. The number of nitrogens with one attached hydrogen (secondary N) is 1. The minimum atomic E-state index is 0.838. The molecular formula is C14H27N. The van der Waals surface area contributed by atoms with Crippen molar-refractivity contribution in [2.24, 2.45) is 17.8 Å². The van der Waals surface area contributed by atoms with E-state index in [2.05, 4.69) is 19.2 Å². The largest absolute Gasteiger partial charge is 0.314 e. The van der Waals surface area contributed by atoms with E-state index in [1.807, 2.05) is 0 Å². The van der Waals surface area contributed by atoms with Crippen LogP contribution in [0.3, 0.4) is 0 Å². The quantitative estimate of drug-likeness (QED) is 0.729. The molecule has 3 unspecified atom stereocenters. The van der Waals surface area contributed by atoms with Gasteiger partial charge in [0.05, 0.1) is 0 Å². The molecule has 2 saturated carbocycles. The molecule has 0 amide bonds. The van der Waals surface area contributed by atoms with Crippen molar-refractivity contribution < 1.29 is 0 Å². The van der Waals surface area contributed by atoms with Crippen LogP contribution < -0.4 is 5.32 Å². The molecule has 1 heteroatoms. The number of rotatable bonds is 5. The highest BCUT2D eigenvalue weighted by molar-refractivity contribution is 4.86.